The van der Waals surface area contributed by atoms with E-state index in [0.717, 1.165) is 43.4 Å². The minimum Gasteiger partial charge on any atom is -0.481 e. The number of carbonyl (C=O) groups is 2. The molecule has 2 N–H and O–H groups in total. The van der Waals surface area contributed by atoms with Crippen molar-refractivity contribution in [3.63, 3.8) is 0 Å². The summed E-state index contributed by atoms with van der Waals surface area (Å²) in [6, 6.07) is 7.59. The fourth-order valence-corrected chi connectivity index (χ4v) is 2.76. The Morgan fingerprint density at radius 2 is 1.78 bits per heavy atom. The van der Waals surface area contributed by atoms with Crippen LogP contribution in [0.25, 0.3) is 0 Å². The molecule has 128 valence electrons. The topological polar surface area (TPSA) is 66.4 Å². The lowest BCUT2D eigenvalue weighted by Crippen LogP contribution is -2.21. The third-order valence-corrected chi connectivity index (χ3v) is 4.25. The van der Waals surface area contributed by atoms with Crippen molar-refractivity contribution >= 4 is 17.6 Å². The average molecular weight is 319 g/mol. The molecule has 0 aliphatic carbocycles. The molecule has 2 unspecified atom stereocenters. The van der Waals surface area contributed by atoms with Crippen LogP contribution >= 0.6 is 0 Å². The van der Waals surface area contributed by atoms with Gasteiger partial charge in [-0.05, 0) is 30.4 Å². The molecule has 0 aromatic heterocycles. The number of hydrogen-bond acceptors (Lipinski definition) is 2. The minimum atomic E-state index is -0.793. The van der Waals surface area contributed by atoms with Gasteiger partial charge in [-0.15, -0.1) is 0 Å². The molecule has 4 heteroatoms. The number of aliphatic carboxylic acids is 1. The molecule has 0 radical (unpaired) electrons. The maximum atomic E-state index is 12.0. The molecule has 4 nitrogen and oxygen atoms in total. The molecule has 0 saturated heterocycles. The van der Waals surface area contributed by atoms with E-state index in [1.165, 1.54) is 0 Å². The van der Waals surface area contributed by atoms with Gasteiger partial charge in [-0.1, -0.05) is 58.2 Å². The van der Waals surface area contributed by atoms with E-state index < -0.39 is 11.9 Å². The SMILES string of the molecule is CCCCC(=O)Nc1ccccc1C(CCCC)C(C)C(=O)O. The fourth-order valence-electron chi connectivity index (χ4n) is 2.76. The molecule has 0 bridgehead atoms. The lowest BCUT2D eigenvalue weighted by Gasteiger charge is -2.24. The number of amides is 1. The van der Waals surface area contributed by atoms with E-state index >= 15 is 0 Å². The van der Waals surface area contributed by atoms with Gasteiger partial charge in [0, 0.05) is 12.1 Å². The van der Waals surface area contributed by atoms with Gasteiger partial charge >= 0.3 is 5.97 Å². The van der Waals surface area contributed by atoms with Crippen LogP contribution in [0.4, 0.5) is 5.69 Å². The van der Waals surface area contributed by atoms with Crippen LogP contribution in [0.3, 0.4) is 0 Å². The zero-order valence-electron chi connectivity index (χ0n) is 14.5. The maximum Gasteiger partial charge on any atom is 0.306 e. The number of hydrogen-bond donors (Lipinski definition) is 2. The van der Waals surface area contributed by atoms with Gasteiger partial charge in [0.25, 0.3) is 0 Å². The average Bonchev–Trinajstić information content (AvgIpc) is 2.54. The Balaban J connectivity index is 3.01. The van der Waals surface area contributed by atoms with Gasteiger partial charge in [0.1, 0.15) is 0 Å². The second-order valence-electron chi connectivity index (χ2n) is 6.11. The molecule has 1 amide bonds. The highest BCUT2D eigenvalue weighted by atomic mass is 16.4. The molecule has 0 fully saturated rings. The van der Waals surface area contributed by atoms with E-state index in [0.29, 0.717) is 6.42 Å². The van der Waals surface area contributed by atoms with Crippen molar-refractivity contribution < 1.29 is 14.7 Å². The summed E-state index contributed by atoms with van der Waals surface area (Å²) in [7, 11) is 0. The molecular weight excluding hydrogens is 290 g/mol. The third kappa shape index (κ3) is 6.05. The van der Waals surface area contributed by atoms with Crippen molar-refractivity contribution in [3.8, 4) is 0 Å². The van der Waals surface area contributed by atoms with Crippen LogP contribution in [0.1, 0.15) is 70.8 Å². The van der Waals surface area contributed by atoms with E-state index in [9.17, 15) is 14.7 Å². The monoisotopic (exact) mass is 319 g/mol. The number of unbranched alkanes of at least 4 members (excludes halogenated alkanes) is 2. The van der Waals surface area contributed by atoms with Gasteiger partial charge in [0.05, 0.1) is 5.92 Å². The summed E-state index contributed by atoms with van der Waals surface area (Å²) < 4.78 is 0. The van der Waals surface area contributed by atoms with Crippen LogP contribution in [-0.2, 0) is 9.59 Å². The summed E-state index contributed by atoms with van der Waals surface area (Å²) in [6.07, 6.45) is 5.14. The van der Waals surface area contributed by atoms with Gasteiger partial charge in [-0.2, -0.15) is 0 Å². The van der Waals surface area contributed by atoms with Crippen molar-refractivity contribution in [2.45, 2.75) is 65.2 Å². The van der Waals surface area contributed by atoms with Crippen molar-refractivity contribution in [1.82, 2.24) is 0 Å². The van der Waals surface area contributed by atoms with Crippen molar-refractivity contribution in [2.75, 3.05) is 5.32 Å². The lowest BCUT2D eigenvalue weighted by molar-refractivity contribution is -0.142. The van der Waals surface area contributed by atoms with E-state index in [4.69, 9.17) is 0 Å². The Morgan fingerprint density at radius 1 is 1.13 bits per heavy atom. The molecule has 1 aromatic rings. The molecule has 0 spiro atoms. The lowest BCUT2D eigenvalue weighted by atomic mass is 9.82. The molecule has 1 aromatic carbocycles. The summed E-state index contributed by atoms with van der Waals surface area (Å²) in [5.41, 5.74) is 1.68. The first-order valence-corrected chi connectivity index (χ1v) is 8.62. The van der Waals surface area contributed by atoms with Crippen molar-refractivity contribution in [1.29, 1.82) is 0 Å². The minimum absolute atomic E-state index is 0.00322. The summed E-state index contributed by atoms with van der Waals surface area (Å²) >= 11 is 0. The zero-order valence-corrected chi connectivity index (χ0v) is 14.5. The van der Waals surface area contributed by atoms with Crippen molar-refractivity contribution in [3.05, 3.63) is 29.8 Å². The Kier molecular flexibility index (Phi) is 8.38. The van der Waals surface area contributed by atoms with Crippen LogP contribution in [-0.4, -0.2) is 17.0 Å². The highest BCUT2D eigenvalue weighted by molar-refractivity contribution is 5.91. The summed E-state index contributed by atoms with van der Waals surface area (Å²) in [4.78, 5) is 23.5. The molecule has 0 heterocycles. The predicted molar refractivity (Wildman–Crippen MR) is 93.7 cm³/mol. The van der Waals surface area contributed by atoms with Crippen LogP contribution in [0.2, 0.25) is 0 Å². The first kappa shape index (κ1) is 19.2. The standard InChI is InChI=1S/C19H29NO3/c1-4-6-10-15(14(3)19(22)23)16-11-8-9-12-17(16)20-18(21)13-7-5-2/h8-9,11-12,14-15H,4-7,10,13H2,1-3H3,(H,20,21)(H,22,23). The van der Waals surface area contributed by atoms with Crippen LogP contribution in [0, 0.1) is 5.92 Å². The predicted octanol–water partition coefficient (Wildman–Crippen LogP) is 4.81. The van der Waals surface area contributed by atoms with Crippen LogP contribution < -0.4 is 5.32 Å². The molecule has 0 saturated carbocycles. The fraction of sp³-hybridized carbons (Fsp3) is 0.579. The smallest absolute Gasteiger partial charge is 0.306 e. The van der Waals surface area contributed by atoms with E-state index in [2.05, 4.69) is 19.2 Å². The molecular formula is C19H29NO3. The third-order valence-electron chi connectivity index (χ3n) is 4.25. The number of carbonyl (C=O) groups excluding carboxylic acids is 1. The maximum absolute atomic E-state index is 12.0. The summed E-state index contributed by atoms with van der Waals surface area (Å²) in [5, 5.41) is 12.4. The summed E-state index contributed by atoms with van der Waals surface area (Å²) in [5.74, 6) is -1.36. The van der Waals surface area contributed by atoms with E-state index in [1.54, 1.807) is 6.92 Å². The molecule has 0 aliphatic heterocycles. The Labute approximate surface area is 139 Å². The Morgan fingerprint density at radius 3 is 2.39 bits per heavy atom. The quantitative estimate of drug-likeness (QED) is 0.650. The Hall–Kier alpha value is -1.84. The number of nitrogens with one attached hydrogen (secondary N) is 1. The van der Waals surface area contributed by atoms with Crippen molar-refractivity contribution in [2.24, 2.45) is 5.92 Å². The highest BCUT2D eigenvalue weighted by Crippen LogP contribution is 2.35. The van der Waals surface area contributed by atoms with Crippen LogP contribution in [0.15, 0.2) is 24.3 Å². The molecule has 1 rings (SSSR count). The molecule has 23 heavy (non-hydrogen) atoms. The molecule has 2 atom stereocenters. The summed E-state index contributed by atoms with van der Waals surface area (Å²) in [6.45, 7) is 5.90. The Bertz CT molecular complexity index is 513. The van der Waals surface area contributed by atoms with Gasteiger partial charge in [0.15, 0.2) is 0 Å². The normalized spacial score (nSPS) is 13.3. The number of rotatable bonds is 10. The largest absolute Gasteiger partial charge is 0.481 e. The van der Waals surface area contributed by atoms with Gasteiger partial charge in [-0.25, -0.2) is 0 Å². The number of benzene rings is 1. The number of carboxylic acids is 1. The zero-order chi connectivity index (χ0) is 17.2. The van der Waals surface area contributed by atoms with Crippen LogP contribution in [0.5, 0.6) is 0 Å². The number of carboxylic acid groups (broad SMARTS) is 1. The highest BCUT2D eigenvalue weighted by Gasteiger charge is 2.26. The first-order chi connectivity index (χ1) is 11.0. The second-order valence-corrected chi connectivity index (χ2v) is 6.11. The van der Waals surface area contributed by atoms with Gasteiger partial charge < -0.3 is 10.4 Å². The van der Waals surface area contributed by atoms with Gasteiger partial charge in [-0.3, -0.25) is 9.59 Å². The first-order valence-electron chi connectivity index (χ1n) is 8.62. The van der Waals surface area contributed by atoms with E-state index in [-0.39, 0.29) is 11.8 Å². The number of para-hydroxylation sites is 1. The van der Waals surface area contributed by atoms with E-state index in [1.807, 2.05) is 24.3 Å². The second kappa shape index (κ2) is 10.0. The molecule has 0 aliphatic rings. The number of anilines is 1. The van der Waals surface area contributed by atoms with Gasteiger partial charge in [0.2, 0.25) is 5.91 Å².